The van der Waals surface area contributed by atoms with Crippen molar-refractivity contribution in [3.05, 3.63) is 21.8 Å². The van der Waals surface area contributed by atoms with Crippen molar-refractivity contribution in [3.63, 3.8) is 0 Å². The fourth-order valence-electron chi connectivity index (χ4n) is 4.12. The minimum Gasteiger partial charge on any atom is -0.481 e. The highest BCUT2D eigenvalue weighted by atomic mass is 127. The largest absolute Gasteiger partial charge is 0.508 e. The number of carboxylic acid groups (broad SMARTS) is 1. The van der Waals surface area contributed by atoms with E-state index < -0.39 is 18.2 Å². The molecule has 1 rings (SSSR count). The number of aliphatic hydroxyl groups excluding tert-OH is 1. The van der Waals surface area contributed by atoms with Gasteiger partial charge in [-0.1, -0.05) is 38.8 Å². The van der Waals surface area contributed by atoms with Gasteiger partial charge in [0.2, 0.25) is 0 Å². The molecule has 0 radical (unpaired) electrons. The molecule has 1 aliphatic rings. The van der Waals surface area contributed by atoms with Crippen LogP contribution in [0.25, 0.3) is 0 Å². The van der Waals surface area contributed by atoms with Crippen LogP contribution in [0.4, 0.5) is 4.79 Å². The Balaban J connectivity index is 2.78. The fraction of sp³-hybridized carbons (Fsp3) is 0.750. The predicted molar refractivity (Wildman–Crippen MR) is 130 cm³/mol. The normalized spacial score (nSPS) is 25.0. The van der Waals surface area contributed by atoms with E-state index in [1.165, 1.54) is 3.58 Å². The first kappa shape index (κ1) is 27.9. The van der Waals surface area contributed by atoms with Crippen LogP contribution in [-0.2, 0) is 14.3 Å². The topological polar surface area (TPSA) is 93.1 Å². The van der Waals surface area contributed by atoms with Crippen LogP contribution in [0.5, 0.6) is 0 Å². The van der Waals surface area contributed by atoms with E-state index in [9.17, 15) is 14.7 Å². The van der Waals surface area contributed by atoms with Gasteiger partial charge in [-0.25, -0.2) is 4.79 Å². The van der Waals surface area contributed by atoms with Gasteiger partial charge in [0.25, 0.3) is 0 Å². The molecule has 0 aromatic heterocycles. The molecule has 2 N–H and O–H groups in total. The number of ether oxygens (including phenoxy) is 2. The summed E-state index contributed by atoms with van der Waals surface area (Å²) in [6.07, 6.45) is 11.7. The summed E-state index contributed by atoms with van der Waals surface area (Å²) in [7, 11) is 0. The van der Waals surface area contributed by atoms with Crippen LogP contribution in [0.1, 0.15) is 78.6 Å². The van der Waals surface area contributed by atoms with Gasteiger partial charge in [0.1, 0.15) is 6.10 Å². The first-order valence-electron chi connectivity index (χ1n) is 11.5. The molecule has 1 fully saturated rings. The summed E-state index contributed by atoms with van der Waals surface area (Å²) in [5.41, 5.74) is 0. The number of rotatable bonds is 14. The quantitative estimate of drug-likeness (QED) is 0.115. The molecule has 0 amide bonds. The molecule has 0 aromatic carbocycles. The number of aliphatic carboxylic acids is 1. The van der Waals surface area contributed by atoms with E-state index in [0.717, 1.165) is 44.9 Å². The number of halogens is 1. The van der Waals surface area contributed by atoms with Gasteiger partial charge in [-0.2, -0.15) is 0 Å². The van der Waals surface area contributed by atoms with Gasteiger partial charge in [0.05, 0.1) is 12.7 Å². The molecule has 6 nitrogen and oxygen atoms in total. The molecule has 0 spiro atoms. The summed E-state index contributed by atoms with van der Waals surface area (Å²) in [6.45, 7) is 6.34. The van der Waals surface area contributed by atoms with Gasteiger partial charge < -0.3 is 19.7 Å². The number of carbonyl (C=O) groups is 2. The first-order chi connectivity index (χ1) is 14.8. The van der Waals surface area contributed by atoms with Crippen molar-refractivity contribution in [1.29, 1.82) is 0 Å². The molecular weight excluding hydrogens is 511 g/mol. The van der Waals surface area contributed by atoms with Crippen LogP contribution in [-0.4, -0.2) is 41.2 Å². The number of allylic oxidation sites excluding steroid dienone is 2. The highest BCUT2D eigenvalue weighted by molar-refractivity contribution is 14.1. The lowest BCUT2D eigenvalue weighted by Crippen LogP contribution is -2.21. The first-order valence-corrected chi connectivity index (χ1v) is 12.6. The summed E-state index contributed by atoms with van der Waals surface area (Å²) in [6, 6.07) is 0. The lowest BCUT2D eigenvalue weighted by molar-refractivity contribution is -0.137. The smallest absolute Gasteiger partial charge is 0.481 e. The van der Waals surface area contributed by atoms with E-state index in [1.807, 2.05) is 12.2 Å². The van der Waals surface area contributed by atoms with Crippen LogP contribution in [0.3, 0.4) is 0 Å². The Morgan fingerprint density at radius 2 is 1.97 bits per heavy atom. The molecule has 1 saturated carbocycles. The van der Waals surface area contributed by atoms with Gasteiger partial charge in [0.15, 0.2) is 0 Å². The molecule has 0 aromatic rings. The average Bonchev–Trinajstić information content (AvgIpc) is 2.96. The summed E-state index contributed by atoms with van der Waals surface area (Å²) < 4.78 is 11.6. The Bertz CT molecular complexity index is 603. The maximum absolute atomic E-state index is 11.8. The molecule has 0 saturated heterocycles. The number of hydrogen-bond acceptors (Lipinski definition) is 5. The Kier molecular flexibility index (Phi) is 14.1. The van der Waals surface area contributed by atoms with Crippen LogP contribution in [0, 0.1) is 17.8 Å². The van der Waals surface area contributed by atoms with E-state index in [1.54, 1.807) is 6.92 Å². The van der Waals surface area contributed by atoms with Gasteiger partial charge >= 0.3 is 12.1 Å². The van der Waals surface area contributed by atoms with E-state index in [4.69, 9.17) is 14.6 Å². The highest BCUT2D eigenvalue weighted by Crippen LogP contribution is 2.42. The molecule has 7 heteroatoms. The van der Waals surface area contributed by atoms with Crippen molar-refractivity contribution in [2.75, 3.05) is 6.61 Å². The second-order valence-electron chi connectivity index (χ2n) is 8.38. The van der Waals surface area contributed by atoms with Gasteiger partial charge in [-0.05, 0) is 89.5 Å². The van der Waals surface area contributed by atoms with Crippen LogP contribution < -0.4 is 0 Å². The van der Waals surface area contributed by atoms with Gasteiger partial charge in [0, 0.05) is 12.3 Å². The van der Waals surface area contributed by atoms with Crippen molar-refractivity contribution in [2.24, 2.45) is 17.8 Å². The number of hydrogen-bond donors (Lipinski definition) is 2. The van der Waals surface area contributed by atoms with Gasteiger partial charge in [-0.15, -0.1) is 0 Å². The second-order valence-corrected chi connectivity index (χ2v) is 9.77. The zero-order valence-electron chi connectivity index (χ0n) is 19.1. The molecule has 0 unspecified atom stereocenters. The summed E-state index contributed by atoms with van der Waals surface area (Å²) in [5, 5.41) is 19.4. The van der Waals surface area contributed by atoms with E-state index in [0.29, 0.717) is 18.3 Å². The maximum Gasteiger partial charge on any atom is 0.508 e. The second kappa shape index (κ2) is 15.7. The Morgan fingerprint density at radius 1 is 1.23 bits per heavy atom. The zero-order chi connectivity index (χ0) is 23.2. The minimum atomic E-state index is -0.764. The third kappa shape index (κ3) is 11.4. The number of aliphatic hydroxyl groups is 1. The lowest BCUT2D eigenvalue weighted by atomic mass is 9.86. The van der Waals surface area contributed by atoms with Crippen molar-refractivity contribution in [2.45, 2.75) is 90.8 Å². The predicted octanol–water partition coefficient (Wildman–Crippen LogP) is 6.26. The molecule has 0 heterocycles. The number of carboxylic acids is 1. The third-order valence-electron chi connectivity index (χ3n) is 5.82. The maximum atomic E-state index is 11.8. The number of unbranched alkanes of at least 4 members (excludes halogenated alkanes) is 3. The molecule has 0 bridgehead atoms. The molecule has 178 valence electrons. The van der Waals surface area contributed by atoms with E-state index >= 15 is 0 Å². The monoisotopic (exact) mass is 550 g/mol. The highest BCUT2D eigenvalue weighted by Gasteiger charge is 2.38. The molecule has 1 aliphatic carbocycles. The van der Waals surface area contributed by atoms with Crippen LogP contribution in [0.15, 0.2) is 21.8 Å². The molecule has 0 aliphatic heterocycles. The fourth-order valence-corrected chi connectivity index (χ4v) is 4.94. The van der Waals surface area contributed by atoms with E-state index in [2.05, 4.69) is 42.5 Å². The van der Waals surface area contributed by atoms with Crippen molar-refractivity contribution >= 4 is 34.7 Å². The minimum absolute atomic E-state index is 0.00616. The Labute approximate surface area is 200 Å². The van der Waals surface area contributed by atoms with Crippen LogP contribution >= 0.6 is 22.6 Å². The number of carbonyl (C=O) groups excluding carboxylic acids is 1. The zero-order valence-corrected chi connectivity index (χ0v) is 21.3. The SMILES string of the molecule is CCCCC[C@@H](/C=C/[C@@H]1[C@@H](C/C(I)=C/CCCC(=O)O)[C@@H](C)C[C@H]1O)OC(=O)OCC. The van der Waals surface area contributed by atoms with Gasteiger partial charge in [-0.3, -0.25) is 4.79 Å². The lowest BCUT2D eigenvalue weighted by Gasteiger charge is -2.22. The van der Waals surface area contributed by atoms with Crippen molar-refractivity contribution in [1.82, 2.24) is 0 Å². The summed E-state index contributed by atoms with van der Waals surface area (Å²) >= 11 is 2.33. The van der Waals surface area contributed by atoms with Crippen LogP contribution in [0.2, 0.25) is 0 Å². The summed E-state index contributed by atoms with van der Waals surface area (Å²) in [5.74, 6) is -0.0783. The third-order valence-corrected chi connectivity index (χ3v) is 6.70. The van der Waals surface area contributed by atoms with E-state index in [-0.39, 0.29) is 25.0 Å². The molecule has 31 heavy (non-hydrogen) atoms. The van der Waals surface area contributed by atoms with Crippen molar-refractivity contribution < 1.29 is 29.3 Å². The molecular formula is C24H39IO6. The Morgan fingerprint density at radius 3 is 2.61 bits per heavy atom. The molecule has 5 atom stereocenters. The average molecular weight is 550 g/mol. The summed E-state index contributed by atoms with van der Waals surface area (Å²) in [4.78, 5) is 22.5. The van der Waals surface area contributed by atoms with Crippen molar-refractivity contribution in [3.8, 4) is 0 Å². The standard InChI is InChI=1S/C24H39IO6/c1-4-6-7-11-19(31-24(29)30-5-2)13-14-20-21(17(3)15-22(20)26)16-18(25)10-8-9-12-23(27)28/h10,13-14,17,19-22,26H,4-9,11-12,15-16H2,1-3H3,(H,27,28)/b14-13+,18-10-/t17-,19-,20+,21-,22+/m0/s1. The Hall–Kier alpha value is -1.09.